The number of thiazole rings is 1. The maximum Gasteiger partial charge on any atom is 0.270 e. The van der Waals surface area contributed by atoms with Crippen molar-refractivity contribution >= 4 is 17.2 Å². The highest BCUT2D eigenvalue weighted by Gasteiger charge is 2.21. The molecule has 3 N–H and O–H groups in total. The topological polar surface area (TPSA) is 75.3 Å². The SMILES string of the molecule is O=C(NC[C@@H]1CCCO1)c1csc(C2CNCCN2)n1. The summed E-state index contributed by atoms with van der Waals surface area (Å²) in [6.07, 6.45) is 2.28. The summed E-state index contributed by atoms with van der Waals surface area (Å²) in [6.45, 7) is 4.17. The lowest BCUT2D eigenvalue weighted by atomic mass is 10.2. The van der Waals surface area contributed by atoms with E-state index < -0.39 is 0 Å². The predicted octanol–water partition coefficient (Wildman–Crippen LogP) is 0.286. The number of hydrogen-bond acceptors (Lipinski definition) is 6. The summed E-state index contributed by atoms with van der Waals surface area (Å²) < 4.78 is 5.49. The Bertz CT molecular complexity index is 453. The molecule has 0 aliphatic carbocycles. The number of hydrogen-bond donors (Lipinski definition) is 3. The molecule has 110 valence electrons. The first-order chi connectivity index (χ1) is 9.83. The van der Waals surface area contributed by atoms with E-state index in [1.54, 1.807) is 0 Å². The average molecular weight is 296 g/mol. The van der Waals surface area contributed by atoms with Crippen LogP contribution in [0.15, 0.2) is 5.38 Å². The maximum atomic E-state index is 12.0. The lowest BCUT2D eigenvalue weighted by molar-refractivity contribution is 0.0854. The van der Waals surface area contributed by atoms with Gasteiger partial charge in [0.1, 0.15) is 10.7 Å². The molecule has 2 fully saturated rings. The highest BCUT2D eigenvalue weighted by molar-refractivity contribution is 7.09. The van der Waals surface area contributed by atoms with Gasteiger partial charge in [0, 0.05) is 38.2 Å². The van der Waals surface area contributed by atoms with Gasteiger partial charge in [0.15, 0.2) is 0 Å². The highest BCUT2D eigenvalue weighted by atomic mass is 32.1. The third-order valence-corrected chi connectivity index (χ3v) is 4.57. The van der Waals surface area contributed by atoms with Crippen LogP contribution in [-0.4, -0.2) is 49.8 Å². The normalized spacial score (nSPS) is 26.6. The lowest BCUT2D eigenvalue weighted by Gasteiger charge is -2.22. The number of nitrogens with zero attached hydrogens (tertiary/aromatic N) is 1. The highest BCUT2D eigenvalue weighted by Crippen LogP contribution is 2.19. The Kier molecular flexibility index (Phi) is 4.62. The van der Waals surface area contributed by atoms with E-state index in [1.165, 1.54) is 11.3 Å². The number of ether oxygens (including phenoxy) is 1. The molecule has 2 atom stereocenters. The van der Waals surface area contributed by atoms with Crippen LogP contribution in [0.2, 0.25) is 0 Å². The minimum Gasteiger partial charge on any atom is -0.376 e. The molecule has 3 rings (SSSR count). The molecule has 0 radical (unpaired) electrons. The third-order valence-electron chi connectivity index (χ3n) is 3.61. The van der Waals surface area contributed by atoms with Crippen molar-refractivity contribution in [1.82, 2.24) is 20.9 Å². The molecule has 3 heterocycles. The Balaban J connectivity index is 1.53. The second kappa shape index (κ2) is 6.62. The molecule has 6 nitrogen and oxygen atoms in total. The Labute approximate surface area is 122 Å². The standard InChI is InChI=1S/C13H20N4O2S/c18-12(16-6-9-2-1-5-19-9)11-8-20-13(17-11)10-7-14-3-4-15-10/h8-10,14-15H,1-7H2,(H,16,18)/t9-,10?/m0/s1. The number of amides is 1. The molecule has 2 aliphatic rings. The summed E-state index contributed by atoms with van der Waals surface area (Å²) in [5, 5.41) is 12.4. The summed E-state index contributed by atoms with van der Waals surface area (Å²) in [4.78, 5) is 16.5. The molecule has 20 heavy (non-hydrogen) atoms. The molecule has 1 aromatic heterocycles. The van der Waals surface area contributed by atoms with E-state index in [1.807, 2.05) is 5.38 Å². The zero-order valence-corrected chi connectivity index (χ0v) is 12.2. The second-order valence-corrected chi connectivity index (χ2v) is 6.02. The monoisotopic (exact) mass is 296 g/mol. The van der Waals surface area contributed by atoms with Gasteiger partial charge in [-0.3, -0.25) is 4.79 Å². The number of rotatable bonds is 4. The van der Waals surface area contributed by atoms with Crippen molar-refractivity contribution in [3.63, 3.8) is 0 Å². The van der Waals surface area contributed by atoms with Gasteiger partial charge in [-0.15, -0.1) is 11.3 Å². The Morgan fingerprint density at radius 2 is 2.50 bits per heavy atom. The van der Waals surface area contributed by atoms with Gasteiger partial charge in [-0.25, -0.2) is 4.98 Å². The predicted molar refractivity (Wildman–Crippen MR) is 77.0 cm³/mol. The van der Waals surface area contributed by atoms with E-state index in [9.17, 15) is 4.79 Å². The van der Waals surface area contributed by atoms with Gasteiger partial charge in [0.25, 0.3) is 5.91 Å². The first-order valence-corrected chi connectivity index (χ1v) is 8.00. The molecule has 0 aromatic carbocycles. The minimum atomic E-state index is -0.105. The van der Waals surface area contributed by atoms with Crippen molar-refractivity contribution in [1.29, 1.82) is 0 Å². The maximum absolute atomic E-state index is 12.0. The summed E-state index contributed by atoms with van der Waals surface area (Å²) >= 11 is 1.54. The van der Waals surface area contributed by atoms with Crippen LogP contribution < -0.4 is 16.0 Å². The first kappa shape index (κ1) is 13.9. The van der Waals surface area contributed by atoms with Gasteiger partial charge < -0.3 is 20.7 Å². The summed E-state index contributed by atoms with van der Waals surface area (Å²) in [5.41, 5.74) is 0.510. The molecule has 7 heteroatoms. The van der Waals surface area contributed by atoms with Gasteiger partial charge in [-0.2, -0.15) is 0 Å². The van der Waals surface area contributed by atoms with Crippen LogP contribution in [0.4, 0.5) is 0 Å². The van der Waals surface area contributed by atoms with Crippen LogP contribution in [0, 0.1) is 0 Å². The molecule has 1 aromatic rings. The van der Waals surface area contributed by atoms with Crippen molar-refractivity contribution < 1.29 is 9.53 Å². The van der Waals surface area contributed by atoms with E-state index >= 15 is 0 Å². The van der Waals surface area contributed by atoms with E-state index in [0.717, 1.165) is 44.1 Å². The van der Waals surface area contributed by atoms with E-state index in [0.29, 0.717) is 12.2 Å². The van der Waals surface area contributed by atoms with Crippen LogP contribution in [-0.2, 0) is 4.74 Å². The molecule has 0 saturated carbocycles. The summed E-state index contributed by atoms with van der Waals surface area (Å²) in [6, 6.07) is 0.216. The largest absolute Gasteiger partial charge is 0.376 e. The van der Waals surface area contributed by atoms with Crippen LogP contribution in [0.3, 0.4) is 0 Å². The molecule has 0 bridgehead atoms. The molecular weight excluding hydrogens is 276 g/mol. The Morgan fingerprint density at radius 1 is 1.55 bits per heavy atom. The van der Waals surface area contributed by atoms with Gasteiger partial charge in [-0.1, -0.05) is 0 Å². The third kappa shape index (κ3) is 3.35. The number of nitrogens with one attached hydrogen (secondary N) is 3. The van der Waals surface area contributed by atoms with Crippen LogP contribution in [0.25, 0.3) is 0 Å². The van der Waals surface area contributed by atoms with Crippen molar-refractivity contribution in [3.8, 4) is 0 Å². The Hall–Kier alpha value is -1.02. The van der Waals surface area contributed by atoms with Crippen LogP contribution in [0.5, 0.6) is 0 Å². The zero-order chi connectivity index (χ0) is 13.8. The fraction of sp³-hybridized carbons (Fsp3) is 0.692. The lowest BCUT2D eigenvalue weighted by Crippen LogP contribution is -2.42. The number of carbonyl (C=O) groups excluding carboxylic acids is 1. The smallest absolute Gasteiger partial charge is 0.270 e. The molecule has 0 spiro atoms. The first-order valence-electron chi connectivity index (χ1n) is 7.12. The van der Waals surface area contributed by atoms with Gasteiger partial charge in [0.05, 0.1) is 12.1 Å². The van der Waals surface area contributed by atoms with E-state index in [4.69, 9.17) is 4.74 Å². The number of carbonyl (C=O) groups is 1. The van der Waals surface area contributed by atoms with Crippen molar-refractivity contribution in [3.05, 3.63) is 16.1 Å². The van der Waals surface area contributed by atoms with E-state index in [2.05, 4.69) is 20.9 Å². The van der Waals surface area contributed by atoms with Crippen molar-refractivity contribution in [2.75, 3.05) is 32.8 Å². The molecule has 2 saturated heterocycles. The van der Waals surface area contributed by atoms with Crippen LogP contribution in [0.1, 0.15) is 34.4 Å². The minimum absolute atomic E-state index is 0.105. The van der Waals surface area contributed by atoms with Crippen molar-refractivity contribution in [2.45, 2.75) is 25.0 Å². The Morgan fingerprint density at radius 3 is 3.25 bits per heavy atom. The zero-order valence-electron chi connectivity index (χ0n) is 11.4. The van der Waals surface area contributed by atoms with E-state index in [-0.39, 0.29) is 18.1 Å². The number of piperazine rings is 1. The second-order valence-electron chi connectivity index (χ2n) is 5.13. The van der Waals surface area contributed by atoms with Gasteiger partial charge in [0.2, 0.25) is 0 Å². The fourth-order valence-corrected chi connectivity index (χ4v) is 3.36. The summed E-state index contributed by atoms with van der Waals surface area (Å²) in [5.74, 6) is -0.105. The molecule has 2 aliphatic heterocycles. The van der Waals surface area contributed by atoms with Crippen molar-refractivity contribution in [2.24, 2.45) is 0 Å². The fourth-order valence-electron chi connectivity index (χ4n) is 2.48. The summed E-state index contributed by atoms with van der Waals surface area (Å²) in [7, 11) is 0. The van der Waals surface area contributed by atoms with Gasteiger partial charge in [-0.05, 0) is 12.8 Å². The quantitative estimate of drug-likeness (QED) is 0.744. The van der Waals surface area contributed by atoms with Gasteiger partial charge >= 0.3 is 0 Å². The van der Waals surface area contributed by atoms with Crippen LogP contribution >= 0.6 is 11.3 Å². The average Bonchev–Trinajstić information content (AvgIpc) is 3.17. The molecule has 1 unspecified atom stereocenters. The molecular formula is C13H20N4O2S. The molecule has 1 amide bonds. The number of aromatic nitrogens is 1.